The molecule has 0 aromatic heterocycles. The van der Waals surface area contributed by atoms with Crippen LogP contribution in [0.3, 0.4) is 0 Å². The number of rotatable bonds is 8. The van der Waals surface area contributed by atoms with Crippen LogP contribution in [0.15, 0.2) is 29.3 Å². The standard InChI is InChI=1S/C19H32N4S.HI/c1-4-20-19(22-14-18-10-7-11-24-18)21-13-16-8-6-9-17(12-16)15-23(3)5-2;/h6,8-9,12,18H,4-5,7,10-11,13-15H2,1-3H3,(H2,20,21,22);1H. The van der Waals surface area contributed by atoms with Gasteiger partial charge in [0.15, 0.2) is 5.96 Å². The molecule has 0 spiro atoms. The first-order chi connectivity index (χ1) is 11.7. The van der Waals surface area contributed by atoms with Gasteiger partial charge >= 0.3 is 0 Å². The van der Waals surface area contributed by atoms with Gasteiger partial charge in [0.25, 0.3) is 0 Å². The van der Waals surface area contributed by atoms with E-state index in [2.05, 4.69) is 72.5 Å². The van der Waals surface area contributed by atoms with Gasteiger partial charge in [0, 0.05) is 24.9 Å². The van der Waals surface area contributed by atoms with E-state index in [0.717, 1.165) is 43.9 Å². The van der Waals surface area contributed by atoms with Crippen LogP contribution in [-0.2, 0) is 13.1 Å². The number of guanidine groups is 1. The molecule has 0 aliphatic carbocycles. The van der Waals surface area contributed by atoms with Gasteiger partial charge in [0.05, 0.1) is 6.54 Å². The SMILES string of the molecule is CCNC(=NCc1cccc(CN(C)CC)c1)NCC1CCCS1.I. The van der Waals surface area contributed by atoms with Gasteiger partial charge in [-0.2, -0.15) is 11.8 Å². The van der Waals surface area contributed by atoms with Gasteiger partial charge in [0.2, 0.25) is 0 Å². The average molecular weight is 476 g/mol. The summed E-state index contributed by atoms with van der Waals surface area (Å²) in [6.45, 7) is 8.98. The zero-order chi connectivity index (χ0) is 17.2. The Bertz CT molecular complexity index is 518. The predicted molar refractivity (Wildman–Crippen MR) is 122 cm³/mol. The van der Waals surface area contributed by atoms with Gasteiger partial charge in [-0.15, -0.1) is 24.0 Å². The highest BCUT2D eigenvalue weighted by Crippen LogP contribution is 2.25. The molecule has 1 saturated heterocycles. The van der Waals surface area contributed by atoms with Crippen LogP contribution in [0.1, 0.15) is 37.8 Å². The number of hydrogen-bond donors (Lipinski definition) is 2. The number of nitrogens with one attached hydrogen (secondary N) is 2. The Morgan fingerprint density at radius 2 is 2.08 bits per heavy atom. The minimum atomic E-state index is 0. The van der Waals surface area contributed by atoms with Crippen LogP contribution in [0.4, 0.5) is 0 Å². The zero-order valence-corrected chi connectivity index (χ0v) is 18.9. The van der Waals surface area contributed by atoms with Crippen molar-refractivity contribution in [1.29, 1.82) is 0 Å². The highest BCUT2D eigenvalue weighted by molar-refractivity contribution is 14.0. The van der Waals surface area contributed by atoms with Crippen LogP contribution >= 0.6 is 35.7 Å². The van der Waals surface area contributed by atoms with E-state index in [1.807, 2.05) is 0 Å². The number of aliphatic imine (C=N–C) groups is 1. The van der Waals surface area contributed by atoms with Gasteiger partial charge in [-0.3, -0.25) is 0 Å². The molecule has 1 unspecified atom stereocenters. The number of thioether (sulfide) groups is 1. The summed E-state index contributed by atoms with van der Waals surface area (Å²) in [4.78, 5) is 7.07. The molecule has 142 valence electrons. The summed E-state index contributed by atoms with van der Waals surface area (Å²) in [5, 5.41) is 7.59. The van der Waals surface area contributed by atoms with E-state index in [4.69, 9.17) is 4.99 Å². The largest absolute Gasteiger partial charge is 0.357 e. The van der Waals surface area contributed by atoms with Crippen molar-refractivity contribution in [3.05, 3.63) is 35.4 Å². The van der Waals surface area contributed by atoms with Crippen molar-refractivity contribution >= 4 is 41.7 Å². The molecule has 2 rings (SSSR count). The molecule has 1 aromatic rings. The first-order valence-electron chi connectivity index (χ1n) is 9.11. The molecule has 1 aromatic carbocycles. The molecule has 1 aliphatic rings. The Morgan fingerprint density at radius 3 is 2.76 bits per heavy atom. The smallest absolute Gasteiger partial charge is 0.191 e. The topological polar surface area (TPSA) is 39.7 Å². The summed E-state index contributed by atoms with van der Waals surface area (Å²) in [6, 6.07) is 8.76. The molecule has 0 saturated carbocycles. The van der Waals surface area contributed by atoms with Crippen LogP contribution in [-0.4, -0.2) is 48.5 Å². The Balaban J connectivity index is 0.00000312. The fraction of sp³-hybridized carbons (Fsp3) is 0.632. The molecule has 1 atom stereocenters. The summed E-state index contributed by atoms with van der Waals surface area (Å²) >= 11 is 2.08. The molecule has 2 N–H and O–H groups in total. The average Bonchev–Trinajstić information content (AvgIpc) is 3.11. The lowest BCUT2D eigenvalue weighted by Gasteiger charge is -2.15. The van der Waals surface area contributed by atoms with Gasteiger partial charge in [-0.25, -0.2) is 4.99 Å². The molecule has 0 amide bonds. The second-order valence-electron chi connectivity index (χ2n) is 6.36. The van der Waals surface area contributed by atoms with Crippen molar-refractivity contribution in [3.8, 4) is 0 Å². The molecule has 1 heterocycles. The Hall–Kier alpha value is -0.470. The normalized spacial score (nSPS) is 17.4. The summed E-state index contributed by atoms with van der Waals surface area (Å²) in [7, 11) is 2.15. The number of nitrogens with zero attached hydrogens (tertiary/aromatic N) is 2. The number of benzene rings is 1. The molecule has 1 aliphatic heterocycles. The molecule has 1 fully saturated rings. The van der Waals surface area contributed by atoms with E-state index in [-0.39, 0.29) is 24.0 Å². The van der Waals surface area contributed by atoms with E-state index < -0.39 is 0 Å². The number of halogens is 1. The predicted octanol–water partition coefficient (Wildman–Crippen LogP) is 3.71. The van der Waals surface area contributed by atoms with Crippen LogP contribution in [0.5, 0.6) is 0 Å². The maximum absolute atomic E-state index is 4.76. The van der Waals surface area contributed by atoms with Crippen molar-refractivity contribution < 1.29 is 0 Å². The van der Waals surface area contributed by atoms with E-state index in [0.29, 0.717) is 0 Å². The third-order valence-electron chi connectivity index (χ3n) is 4.27. The molecular formula is C19H33IN4S. The molecule has 6 heteroatoms. The lowest BCUT2D eigenvalue weighted by Crippen LogP contribution is -2.40. The second-order valence-corrected chi connectivity index (χ2v) is 7.77. The Labute approximate surface area is 174 Å². The summed E-state index contributed by atoms with van der Waals surface area (Å²) in [5.74, 6) is 2.24. The molecule has 25 heavy (non-hydrogen) atoms. The van der Waals surface area contributed by atoms with Crippen LogP contribution in [0.2, 0.25) is 0 Å². The summed E-state index contributed by atoms with van der Waals surface area (Å²) in [5.41, 5.74) is 2.62. The van der Waals surface area contributed by atoms with Crippen molar-refractivity contribution in [2.24, 2.45) is 4.99 Å². The summed E-state index contributed by atoms with van der Waals surface area (Å²) < 4.78 is 0. The molecule has 4 nitrogen and oxygen atoms in total. The van der Waals surface area contributed by atoms with Crippen molar-refractivity contribution in [2.45, 2.75) is 45.0 Å². The Morgan fingerprint density at radius 1 is 1.28 bits per heavy atom. The van der Waals surface area contributed by atoms with Crippen LogP contribution in [0, 0.1) is 0 Å². The minimum Gasteiger partial charge on any atom is -0.357 e. The van der Waals surface area contributed by atoms with E-state index in [1.54, 1.807) is 0 Å². The maximum atomic E-state index is 4.76. The zero-order valence-electron chi connectivity index (χ0n) is 15.8. The fourth-order valence-electron chi connectivity index (χ4n) is 2.78. The highest BCUT2D eigenvalue weighted by Gasteiger charge is 2.15. The minimum absolute atomic E-state index is 0. The van der Waals surface area contributed by atoms with E-state index in [1.165, 1.54) is 29.7 Å². The quantitative estimate of drug-likeness (QED) is 0.341. The fourth-order valence-corrected chi connectivity index (χ4v) is 3.98. The van der Waals surface area contributed by atoms with Crippen LogP contribution < -0.4 is 10.6 Å². The van der Waals surface area contributed by atoms with Crippen molar-refractivity contribution in [3.63, 3.8) is 0 Å². The molecule has 0 radical (unpaired) electrons. The highest BCUT2D eigenvalue weighted by atomic mass is 127. The third-order valence-corrected chi connectivity index (χ3v) is 5.67. The van der Waals surface area contributed by atoms with Crippen molar-refractivity contribution in [1.82, 2.24) is 15.5 Å². The van der Waals surface area contributed by atoms with Gasteiger partial charge in [-0.05, 0) is 50.2 Å². The molecular weight excluding hydrogens is 443 g/mol. The number of hydrogen-bond acceptors (Lipinski definition) is 3. The van der Waals surface area contributed by atoms with E-state index >= 15 is 0 Å². The first-order valence-corrected chi connectivity index (χ1v) is 10.2. The molecule has 0 bridgehead atoms. The van der Waals surface area contributed by atoms with E-state index in [9.17, 15) is 0 Å². The van der Waals surface area contributed by atoms with Crippen molar-refractivity contribution in [2.75, 3.05) is 32.4 Å². The lowest BCUT2D eigenvalue weighted by molar-refractivity contribution is 0.345. The first kappa shape index (κ1) is 22.6. The Kier molecular flexibility index (Phi) is 11.6. The lowest BCUT2D eigenvalue weighted by atomic mass is 10.1. The van der Waals surface area contributed by atoms with Gasteiger partial charge < -0.3 is 15.5 Å². The third kappa shape index (κ3) is 8.64. The van der Waals surface area contributed by atoms with Gasteiger partial charge in [-0.1, -0.05) is 31.2 Å². The van der Waals surface area contributed by atoms with Gasteiger partial charge in [0.1, 0.15) is 0 Å². The second kappa shape index (κ2) is 12.8. The maximum Gasteiger partial charge on any atom is 0.191 e. The monoisotopic (exact) mass is 476 g/mol. The summed E-state index contributed by atoms with van der Waals surface area (Å²) in [6.07, 6.45) is 2.67. The van der Waals surface area contributed by atoms with Crippen LogP contribution in [0.25, 0.3) is 0 Å².